The maximum atomic E-state index is 12.1. The van der Waals surface area contributed by atoms with Crippen LogP contribution < -0.4 is 0 Å². The van der Waals surface area contributed by atoms with Crippen molar-refractivity contribution in [1.29, 1.82) is 0 Å². The van der Waals surface area contributed by atoms with Crippen molar-refractivity contribution in [3.8, 4) is 0 Å². The van der Waals surface area contributed by atoms with E-state index in [4.69, 9.17) is 9.84 Å². The van der Waals surface area contributed by atoms with Gasteiger partial charge in [-0.3, -0.25) is 4.90 Å². The van der Waals surface area contributed by atoms with Crippen molar-refractivity contribution in [2.75, 3.05) is 26.2 Å². The molecule has 2 unspecified atom stereocenters. The summed E-state index contributed by atoms with van der Waals surface area (Å²) < 4.78 is 41.5. The second-order valence-corrected chi connectivity index (χ2v) is 3.72. The van der Waals surface area contributed by atoms with Crippen molar-refractivity contribution in [3.05, 3.63) is 0 Å². The Kier molecular flexibility index (Phi) is 4.36. The van der Waals surface area contributed by atoms with Crippen molar-refractivity contribution in [3.63, 3.8) is 0 Å². The van der Waals surface area contributed by atoms with E-state index >= 15 is 0 Å². The summed E-state index contributed by atoms with van der Waals surface area (Å²) in [6.45, 7) is 2.91. The molecule has 0 spiro atoms. The van der Waals surface area contributed by atoms with E-state index in [-0.39, 0.29) is 12.6 Å². The van der Waals surface area contributed by atoms with Gasteiger partial charge in [-0.25, -0.2) is 0 Å². The minimum Gasteiger partial charge on any atom is -0.382 e. The molecule has 0 saturated carbocycles. The summed E-state index contributed by atoms with van der Waals surface area (Å²) in [7, 11) is 0. The number of halogens is 3. The van der Waals surface area contributed by atoms with Gasteiger partial charge in [0.25, 0.3) is 0 Å². The van der Waals surface area contributed by atoms with Crippen LogP contribution >= 0.6 is 0 Å². The third-order valence-electron chi connectivity index (χ3n) is 2.49. The lowest BCUT2D eigenvalue weighted by Gasteiger charge is -2.33. The quantitative estimate of drug-likeness (QED) is 0.781. The first-order chi connectivity index (χ1) is 6.93. The molecule has 2 atom stereocenters. The second-order valence-electron chi connectivity index (χ2n) is 3.72. The second kappa shape index (κ2) is 5.14. The molecular weight excluding hydrogens is 211 g/mol. The van der Waals surface area contributed by atoms with Crippen LogP contribution in [0, 0.1) is 0 Å². The fourth-order valence-corrected chi connectivity index (χ4v) is 1.54. The van der Waals surface area contributed by atoms with Gasteiger partial charge < -0.3 is 9.84 Å². The zero-order valence-electron chi connectivity index (χ0n) is 8.63. The molecule has 0 amide bonds. The molecule has 1 aliphatic rings. The van der Waals surface area contributed by atoms with Crippen LogP contribution in [0.15, 0.2) is 0 Å². The minimum atomic E-state index is -4.53. The van der Waals surface area contributed by atoms with Crippen molar-refractivity contribution >= 4 is 0 Å². The number of β-amino-alcohol motifs (C(OH)–C–C–N with tert-alkyl or cyclic N) is 1. The summed E-state index contributed by atoms with van der Waals surface area (Å²) in [5.41, 5.74) is 0. The first kappa shape index (κ1) is 12.7. The van der Waals surface area contributed by atoms with Crippen LogP contribution in [-0.2, 0) is 4.74 Å². The molecule has 3 nitrogen and oxygen atoms in total. The van der Waals surface area contributed by atoms with Crippen molar-refractivity contribution in [2.24, 2.45) is 0 Å². The fourth-order valence-electron chi connectivity index (χ4n) is 1.54. The van der Waals surface area contributed by atoms with E-state index in [0.717, 1.165) is 6.42 Å². The Hall–Kier alpha value is -0.330. The summed E-state index contributed by atoms with van der Waals surface area (Å²) in [5, 5.41) is 8.89. The highest BCUT2D eigenvalue weighted by atomic mass is 19.4. The Bertz CT molecular complexity index is 198. The molecule has 90 valence electrons. The molecule has 6 heteroatoms. The van der Waals surface area contributed by atoms with E-state index in [0.29, 0.717) is 19.7 Å². The predicted octanol–water partition coefficient (Wildman–Crippen LogP) is 1.02. The van der Waals surface area contributed by atoms with Gasteiger partial charge in [0.1, 0.15) is 0 Å². The van der Waals surface area contributed by atoms with E-state index in [9.17, 15) is 13.2 Å². The lowest BCUT2D eigenvalue weighted by molar-refractivity contribution is -0.211. The zero-order chi connectivity index (χ0) is 11.5. The van der Waals surface area contributed by atoms with Gasteiger partial charge in [0.05, 0.1) is 12.7 Å². The molecule has 0 aromatic rings. The van der Waals surface area contributed by atoms with Gasteiger partial charge in [-0.15, -0.1) is 0 Å². The van der Waals surface area contributed by atoms with E-state index < -0.39 is 12.3 Å². The molecule has 1 saturated heterocycles. The van der Waals surface area contributed by atoms with Crippen molar-refractivity contribution in [1.82, 2.24) is 4.90 Å². The minimum absolute atomic E-state index is 0.0146. The van der Waals surface area contributed by atoms with Crippen LogP contribution in [0.1, 0.15) is 13.3 Å². The van der Waals surface area contributed by atoms with E-state index in [1.165, 1.54) is 0 Å². The summed E-state index contributed by atoms with van der Waals surface area (Å²) in [6, 6.07) is 0. The first-order valence-corrected chi connectivity index (χ1v) is 5.02. The number of aliphatic hydroxyl groups excluding tert-OH is 1. The normalized spacial score (nSPS) is 26.6. The Morgan fingerprint density at radius 2 is 2.20 bits per heavy atom. The number of ether oxygens (including phenoxy) is 1. The molecule has 0 bridgehead atoms. The molecule has 0 aromatic heterocycles. The van der Waals surface area contributed by atoms with E-state index in [1.807, 2.05) is 6.92 Å². The number of rotatable bonds is 3. The molecule has 1 heterocycles. The molecular formula is C9H16F3NO2. The summed E-state index contributed by atoms with van der Waals surface area (Å²) in [4.78, 5) is 1.59. The Morgan fingerprint density at radius 3 is 2.73 bits per heavy atom. The average Bonchev–Trinajstić information content (AvgIpc) is 2.16. The predicted molar refractivity (Wildman–Crippen MR) is 48.5 cm³/mol. The van der Waals surface area contributed by atoms with Crippen LogP contribution in [0.3, 0.4) is 0 Å². The van der Waals surface area contributed by atoms with Gasteiger partial charge >= 0.3 is 6.18 Å². The molecule has 1 N–H and O–H groups in total. The summed E-state index contributed by atoms with van der Waals surface area (Å²) in [6.07, 6.45) is -6.02. The van der Waals surface area contributed by atoms with Gasteiger partial charge in [0, 0.05) is 19.6 Å². The van der Waals surface area contributed by atoms with Gasteiger partial charge in [-0.05, 0) is 6.42 Å². The molecule has 1 rings (SSSR count). The van der Waals surface area contributed by atoms with E-state index in [2.05, 4.69) is 0 Å². The Labute approximate surface area is 86.8 Å². The smallest absolute Gasteiger partial charge is 0.382 e. The molecule has 0 radical (unpaired) electrons. The molecule has 0 aromatic carbocycles. The number of alkyl halides is 3. The first-order valence-electron chi connectivity index (χ1n) is 5.02. The van der Waals surface area contributed by atoms with Crippen LogP contribution in [0.25, 0.3) is 0 Å². The van der Waals surface area contributed by atoms with Gasteiger partial charge in [0.15, 0.2) is 6.10 Å². The molecule has 1 aliphatic heterocycles. The monoisotopic (exact) mass is 227 g/mol. The number of hydrogen-bond donors (Lipinski definition) is 1. The fraction of sp³-hybridized carbons (Fsp3) is 1.00. The number of aliphatic hydroxyl groups is 1. The standard InChI is InChI=1S/C9H16F3NO2/c1-2-7-5-13(3-4-15-7)6-8(14)9(10,11)12/h7-8,14H,2-6H2,1H3. The van der Waals surface area contributed by atoms with Crippen molar-refractivity contribution < 1.29 is 23.0 Å². The molecule has 15 heavy (non-hydrogen) atoms. The summed E-state index contributed by atoms with van der Waals surface area (Å²) >= 11 is 0. The van der Waals surface area contributed by atoms with Crippen LogP contribution in [-0.4, -0.2) is 54.6 Å². The maximum absolute atomic E-state index is 12.1. The topological polar surface area (TPSA) is 32.7 Å². The Morgan fingerprint density at radius 1 is 1.53 bits per heavy atom. The zero-order valence-corrected chi connectivity index (χ0v) is 8.63. The number of nitrogens with zero attached hydrogens (tertiary/aromatic N) is 1. The third-order valence-corrected chi connectivity index (χ3v) is 2.49. The SMILES string of the molecule is CCC1CN(CC(O)C(F)(F)F)CCO1. The summed E-state index contributed by atoms with van der Waals surface area (Å²) in [5.74, 6) is 0. The van der Waals surface area contributed by atoms with Crippen LogP contribution in [0.5, 0.6) is 0 Å². The van der Waals surface area contributed by atoms with E-state index in [1.54, 1.807) is 4.90 Å². The largest absolute Gasteiger partial charge is 0.415 e. The highest BCUT2D eigenvalue weighted by Crippen LogP contribution is 2.21. The molecule has 1 fully saturated rings. The highest BCUT2D eigenvalue weighted by Gasteiger charge is 2.39. The third kappa shape index (κ3) is 3.96. The highest BCUT2D eigenvalue weighted by molar-refractivity contribution is 4.76. The van der Waals surface area contributed by atoms with Crippen molar-refractivity contribution in [2.45, 2.75) is 31.7 Å². The lowest BCUT2D eigenvalue weighted by Crippen LogP contribution is -2.48. The van der Waals surface area contributed by atoms with Gasteiger partial charge in [-0.2, -0.15) is 13.2 Å². The maximum Gasteiger partial charge on any atom is 0.415 e. The van der Waals surface area contributed by atoms with Crippen LogP contribution in [0.4, 0.5) is 13.2 Å². The lowest BCUT2D eigenvalue weighted by atomic mass is 10.2. The average molecular weight is 227 g/mol. The van der Waals surface area contributed by atoms with Gasteiger partial charge in [0.2, 0.25) is 0 Å². The number of morpholine rings is 1. The molecule has 0 aliphatic carbocycles. The van der Waals surface area contributed by atoms with Crippen LogP contribution in [0.2, 0.25) is 0 Å². The number of hydrogen-bond acceptors (Lipinski definition) is 3. The van der Waals surface area contributed by atoms with Gasteiger partial charge in [-0.1, -0.05) is 6.92 Å². The Balaban J connectivity index is 2.38.